The van der Waals surface area contributed by atoms with E-state index in [0.29, 0.717) is 25.9 Å². The summed E-state index contributed by atoms with van der Waals surface area (Å²) in [6, 6.07) is 15.9. The monoisotopic (exact) mass is 394 g/mol. The maximum Gasteiger partial charge on any atom is 0.242 e. The molecule has 156 valence electrons. The van der Waals surface area contributed by atoms with Gasteiger partial charge in [-0.3, -0.25) is 9.59 Å². The number of aryl methyl sites for hydroxylation is 2. The van der Waals surface area contributed by atoms with Crippen LogP contribution in [0.5, 0.6) is 0 Å². The Hall–Kier alpha value is -2.62. The second-order valence-corrected chi connectivity index (χ2v) is 7.64. The zero-order chi connectivity index (χ0) is 21.2. The summed E-state index contributed by atoms with van der Waals surface area (Å²) in [4.78, 5) is 27.9. The smallest absolute Gasteiger partial charge is 0.242 e. The minimum Gasteiger partial charge on any atom is -0.354 e. The van der Waals surface area contributed by atoms with E-state index in [2.05, 4.69) is 35.6 Å². The van der Waals surface area contributed by atoms with Crippen LogP contribution in [-0.4, -0.2) is 35.8 Å². The van der Waals surface area contributed by atoms with Crippen LogP contribution in [0.3, 0.4) is 0 Å². The quantitative estimate of drug-likeness (QED) is 0.656. The lowest BCUT2D eigenvalue weighted by molar-refractivity contribution is -0.140. The van der Waals surface area contributed by atoms with Gasteiger partial charge in [0.1, 0.15) is 6.04 Å². The van der Waals surface area contributed by atoms with Gasteiger partial charge in [0.25, 0.3) is 0 Å². The Balaban J connectivity index is 2.22. The molecule has 0 fully saturated rings. The number of nitrogens with zero attached hydrogens (tertiary/aromatic N) is 1. The van der Waals surface area contributed by atoms with Crippen molar-refractivity contribution in [3.63, 3.8) is 0 Å². The lowest BCUT2D eigenvalue weighted by Gasteiger charge is -2.31. The normalized spacial score (nSPS) is 11.7. The molecular weight excluding hydrogens is 360 g/mol. The van der Waals surface area contributed by atoms with Crippen LogP contribution >= 0.6 is 0 Å². The first-order valence-corrected chi connectivity index (χ1v) is 10.6. The third-order valence-corrected chi connectivity index (χ3v) is 5.27. The van der Waals surface area contributed by atoms with Gasteiger partial charge in [-0.2, -0.15) is 0 Å². The topological polar surface area (TPSA) is 49.4 Å². The van der Waals surface area contributed by atoms with Gasteiger partial charge in [-0.1, -0.05) is 67.9 Å². The number of hydrogen-bond donors (Lipinski definition) is 1. The summed E-state index contributed by atoms with van der Waals surface area (Å²) in [6.07, 6.45) is 2.53. The Labute approximate surface area is 175 Å². The predicted molar refractivity (Wildman–Crippen MR) is 119 cm³/mol. The molecule has 2 aromatic rings. The van der Waals surface area contributed by atoms with Gasteiger partial charge in [0.15, 0.2) is 0 Å². The SMILES string of the molecule is CCCNC(=O)C(CC)N(CCc1ccccc1)C(=O)Cc1cc(C)ccc1C. The first-order valence-electron chi connectivity index (χ1n) is 10.6. The maximum atomic E-state index is 13.3. The summed E-state index contributed by atoms with van der Waals surface area (Å²) in [5.41, 5.74) is 4.45. The van der Waals surface area contributed by atoms with Crippen molar-refractivity contribution in [2.75, 3.05) is 13.1 Å². The Kier molecular flexibility index (Phi) is 8.91. The van der Waals surface area contributed by atoms with Crippen molar-refractivity contribution in [3.8, 4) is 0 Å². The molecule has 0 bridgehead atoms. The highest BCUT2D eigenvalue weighted by atomic mass is 16.2. The average Bonchev–Trinajstić information content (AvgIpc) is 2.72. The standard InChI is InChI=1S/C25H34N2O2/c1-5-15-26-25(29)23(6-2)27(16-14-21-10-8-7-9-11-21)24(28)18-22-17-19(3)12-13-20(22)4/h7-13,17,23H,5-6,14-16,18H2,1-4H3,(H,26,29). The Morgan fingerprint density at radius 3 is 2.41 bits per heavy atom. The van der Waals surface area contributed by atoms with Crippen LogP contribution in [0.25, 0.3) is 0 Å². The van der Waals surface area contributed by atoms with Crippen molar-refractivity contribution in [1.29, 1.82) is 0 Å². The highest BCUT2D eigenvalue weighted by molar-refractivity contribution is 5.88. The van der Waals surface area contributed by atoms with Crippen LogP contribution in [0.15, 0.2) is 48.5 Å². The minimum absolute atomic E-state index is 0.00753. The molecule has 2 amide bonds. The Morgan fingerprint density at radius 1 is 1.03 bits per heavy atom. The summed E-state index contributed by atoms with van der Waals surface area (Å²) >= 11 is 0. The molecule has 1 atom stereocenters. The van der Waals surface area contributed by atoms with Gasteiger partial charge in [0.05, 0.1) is 6.42 Å². The molecule has 0 aliphatic carbocycles. The highest BCUT2D eigenvalue weighted by Gasteiger charge is 2.28. The molecule has 0 heterocycles. The average molecular weight is 395 g/mol. The number of carbonyl (C=O) groups excluding carboxylic acids is 2. The van der Waals surface area contributed by atoms with Gasteiger partial charge in [-0.15, -0.1) is 0 Å². The zero-order valence-electron chi connectivity index (χ0n) is 18.2. The minimum atomic E-state index is -0.442. The second kappa shape index (κ2) is 11.4. The molecule has 0 radical (unpaired) electrons. The molecule has 0 aliphatic heterocycles. The van der Waals surface area contributed by atoms with E-state index in [-0.39, 0.29) is 11.8 Å². The number of hydrogen-bond acceptors (Lipinski definition) is 2. The largest absolute Gasteiger partial charge is 0.354 e. The summed E-state index contributed by atoms with van der Waals surface area (Å²) < 4.78 is 0. The molecule has 4 heteroatoms. The van der Waals surface area contributed by atoms with Crippen molar-refractivity contribution < 1.29 is 9.59 Å². The lowest BCUT2D eigenvalue weighted by Crippen LogP contribution is -2.50. The number of amides is 2. The number of rotatable bonds is 10. The summed E-state index contributed by atoms with van der Waals surface area (Å²) in [5, 5.41) is 2.97. The summed E-state index contributed by atoms with van der Waals surface area (Å²) in [5.74, 6) is -0.0511. The van der Waals surface area contributed by atoms with Gasteiger partial charge < -0.3 is 10.2 Å². The molecule has 4 nitrogen and oxygen atoms in total. The molecule has 0 aliphatic rings. The van der Waals surface area contributed by atoms with E-state index in [1.165, 1.54) is 5.56 Å². The van der Waals surface area contributed by atoms with Gasteiger partial charge in [-0.05, 0) is 49.8 Å². The molecule has 0 saturated heterocycles. The number of nitrogens with one attached hydrogen (secondary N) is 1. The van der Waals surface area contributed by atoms with Crippen molar-refractivity contribution in [2.24, 2.45) is 0 Å². The molecule has 0 saturated carbocycles. The van der Waals surface area contributed by atoms with Crippen LogP contribution in [0, 0.1) is 13.8 Å². The Morgan fingerprint density at radius 2 is 1.76 bits per heavy atom. The third kappa shape index (κ3) is 6.74. The molecule has 1 N–H and O–H groups in total. The van der Waals surface area contributed by atoms with E-state index in [0.717, 1.165) is 29.5 Å². The van der Waals surface area contributed by atoms with Crippen LogP contribution in [0.1, 0.15) is 48.9 Å². The molecule has 0 aromatic heterocycles. The van der Waals surface area contributed by atoms with E-state index in [1.807, 2.05) is 45.9 Å². The fourth-order valence-corrected chi connectivity index (χ4v) is 3.52. The molecule has 2 rings (SSSR count). The highest BCUT2D eigenvalue weighted by Crippen LogP contribution is 2.16. The van der Waals surface area contributed by atoms with Crippen LogP contribution in [0.2, 0.25) is 0 Å². The number of benzene rings is 2. The van der Waals surface area contributed by atoms with E-state index < -0.39 is 6.04 Å². The molecule has 2 aromatic carbocycles. The Bertz CT molecular complexity index is 802. The summed E-state index contributed by atoms with van der Waals surface area (Å²) in [7, 11) is 0. The van der Waals surface area contributed by atoms with E-state index >= 15 is 0 Å². The van der Waals surface area contributed by atoms with E-state index in [4.69, 9.17) is 0 Å². The van der Waals surface area contributed by atoms with Crippen LogP contribution in [-0.2, 0) is 22.4 Å². The van der Waals surface area contributed by atoms with E-state index in [1.54, 1.807) is 4.90 Å². The van der Waals surface area contributed by atoms with Gasteiger partial charge in [-0.25, -0.2) is 0 Å². The third-order valence-electron chi connectivity index (χ3n) is 5.27. The van der Waals surface area contributed by atoms with Crippen LogP contribution < -0.4 is 5.32 Å². The van der Waals surface area contributed by atoms with Gasteiger partial charge in [0, 0.05) is 13.1 Å². The molecular formula is C25H34N2O2. The molecule has 0 spiro atoms. The van der Waals surface area contributed by atoms with Gasteiger partial charge >= 0.3 is 0 Å². The van der Waals surface area contributed by atoms with Crippen LogP contribution in [0.4, 0.5) is 0 Å². The van der Waals surface area contributed by atoms with Gasteiger partial charge in [0.2, 0.25) is 11.8 Å². The summed E-state index contributed by atoms with van der Waals surface area (Å²) in [6.45, 7) is 9.23. The fraction of sp³-hybridized carbons (Fsp3) is 0.440. The van der Waals surface area contributed by atoms with Crippen molar-refractivity contribution in [1.82, 2.24) is 10.2 Å². The molecule has 1 unspecified atom stereocenters. The van der Waals surface area contributed by atoms with Crippen molar-refractivity contribution in [2.45, 2.75) is 59.4 Å². The predicted octanol–water partition coefficient (Wildman–Crippen LogP) is 4.22. The molecule has 29 heavy (non-hydrogen) atoms. The fourth-order valence-electron chi connectivity index (χ4n) is 3.52. The zero-order valence-corrected chi connectivity index (χ0v) is 18.2. The second-order valence-electron chi connectivity index (χ2n) is 7.64. The number of carbonyl (C=O) groups is 2. The lowest BCUT2D eigenvalue weighted by atomic mass is 10.0. The first kappa shape index (κ1) is 22.7. The first-order chi connectivity index (χ1) is 14.0. The maximum absolute atomic E-state index is 13.3. The van der Waals surface area contributed by atoms with E-state index in [9.17, 15) is 9.59 Å². The van der Waals surface area contributed by atoms with Crippen molar-refractivity contribution in [3.05, 3.63) is 70.8 Å². The van der Waals surface area contributed by atoms with Crippen molar-refractivity contribution >= 4 is 11.8 Å².